The third kappa shape index (κ3) is 4.92. The van der Waals surface area contributed by atoms with Gasteiger partial charge in [0.25, 0.3) is 5.91 Å². The second-order valence-corrected chi connectivity index (χ2v) is 6.81. The van der Waals surface area contributed by atoms with E-state index in [1.165, 1.54) is 12.1 Å². The minimum Gasteiger partial charge on any atom is -0.352 e. The maximum absolute atomic E-state index is 12.9. The molecule has 0 aromatic heterocycles. The average molecular weight is 369 g/mol. The number of carbonyl (C=O) groups excluding carboxylic acids is 2. The molecule has 27 heavy (non-hydrogen) atoms. The third-order valence-electron chi connectivity index (χ3n) is 4.97. The Bertz CT molecular complexity index is 782. The van der Waals surface area contributed by atoms with Gasteiger partial charge in [-0.25, -0.2) is 4.39 Å². The van der Waals surface area contributed by atoms with Crippen molar-refractivity contribution < 1.29 is 14.0 Å². The van der Waals surface area contributed by atoms with Gasteiger partial charge in [0.15, 0.2) is 0 Å². The smallest absolute Gasteiger partial charge is 0.253 e. The zero-order valence-electron chi connectivity index (χ0n) is 15.2. The van der Waals surface area contributed by atoms with Crippen LogP contribution in [0.3, 0.4) is 0 Å². The number of nitrogens with one attached hydrogen (secondary N) is 1. The SMILES string of the molecule is NCc1ccc(C(=O)N2CCC(C(=O)NCc3ccc(F)cc3)CC2)cc1. The van der Waals surface area contributed by atoms with Crippen molar-refractivity contribution in [3.05, 3.63) is 71.0 Å². The van der Waals surface area contributed by atoms with Crippen molar-refractivity contribution in [1.82, 2.24) is 10.2 Å². The van der Waals surface area contributed by atoms with E-state index in [9.17, 15) is 14.0 Å². The second-order valence-electron chi connectivity index (χ2n) is 6.81. The van der Waals surface area contributed by atoms with Crippen LogP contribution in [-0.2, 0) is 17.9 Å². The lowest BCUT2D eigenvalue weighted by Crippen LogP contribution is -2.42. The van der Waals surface area contributed by atoms with E-state index >= 15 is 0 Å². The molecule has 1 aliphatic rings. The predicted molar refractivity (Wildman–Crippen MR) is 101 cm³/mol. The summed E-state index contributed by atoms with van der Waals surface area (Å²) in [5.74, 6) is -0.420. The molecule has 1 saturated heterocycles. The summed E-state index contributed by atoms with van der Waals surface area (Å²) in [4.78, 5) is 26.7. The van der Waals surface area contributed by atoms with Crippen molar-refractivity contribution in [3.63, 3.8) is 0 Å². The highest BCUT2D eigenvalue weighted by molar-refractivity contribution is 5.94. The van der Waals surface area contributed by atoms with Crippen LogP contribution in [0.25, 0.3) is 0 Å². The zero-order valence-corrected chi connectivity index (χ0v) is 15.2. The highest BCUT2D eigenvalue weighted by Gasteiger charge is 2.27. The first-order valence-corrected chi connectivity index (χ1v) is 9.17. The topological polar surface area (TPSA) is 75.4 Å². The van der Waals surface area contributed by atoms with E-state index in [0.29, 0.717) is 44.6 Å². The summed E-state index contributed by atoms with van der Waals surface area (Å²) in [7, 11) is 0. The molecule has 0 saturated carbocycles. The normalized spacial score (nSPS) is 14.8. The number of nitrogens with zero attached hydrogens (tertiary/aromatic N) is 1. The minimum absolute atomic E-state index is 0.0104. The second kappa shape index (κ2) is 8.77. The van der Waals surface area contributed by atoms with Crippen molar-refractivity contribution in [2.24, 2.45) is 11.7 Å². The number of hydrogen-bond acceptors (Lipinski definition) is 3. The van der Waals surface area contributed by atoms with E-state index in [-0.39, 0.29) is 23.5 Å². The Hall–Kier alpha value is -2.73. The molecule has 5 nitrogen and oxygen atoms in total. The van der Waals surface area contributed by atoms with Crippen molar-refractivity contribution in [1.29, 1.82) is 0 Å². The molecule has 0 aliphatic carbocycles. The number of halogens is 1. The number of carbonyl (C=O) groups is 2. The van der Waals surface area contributed by atoms with Crippen LogP contribution in [-0.4, -0.2) is 29.8 Å². The first-order valence-electron chi connectivity index (χ1n) is 9.17. The van der Waals surface area contributed by atoms with E-state index < -0.39 is 0 Å². The highest BCUT2D eigenvalue weighted by Crippen LogP contribution is 2.20. The number of rotatable bonds is 5. The van der Waals surface area contributed by atoms with Gasteiger partial charge in [-0.05, 0) is 48.2 Å². The molecule has 142 valence electrons. The van der Waals surface area contributed by atoms with Gasteiger partial charge in [0.05, 0.1) is 0 Å². The molecule has 2 aromatic carbocycles. The molecule has 0 unspecified atom stereocenters. The zero-order chi connectivity index (χ0) is 19.2. The van der Waals surface area contributed by atoms with Gasteiger partial charge in [0, 0.05) is 37.7 Å². The summed E-state index contributed by atoms with van der Waals surface area (Å²) < 4.78 is 12.9. The van der Waals surface area contributed by atoms with E-state index in [1.54, 1.807) is 29.2 Å². The van der Waals surface area contributed by atoms with Crippen molar-refractivity contribution >= 4 is 11.8 Å². The number of hydrogen-bond donors (Lipinski definition) is 2. The molecule has 1 heterocycles. The summed E-state index contributed by atoms with van der Waals surface area (Å²) in [5.41, 5.74) is 8.07. The van der Waals surface area contributed by atoms with Crippen LogP contribution in [0.5, 0.6) is 0 Å². The Morgan fingerprint density at radius 2 is 1.59 bits per heavy atom. The quantitative estimate of drug-likeness (QED) is 0.850. The Morgan fingerprint density at radius 3 is 2.19 bits per heavy atom. The molecule has 1 aliphatic heterocycles. The molecule has 0 bridgehead atoms. The molecular weight excluding hydrogens is 345 g/mol. The van der Waals surface area contributed by atoms with Gasteiger partial charge in [0.2, 0.25) is 5.91 Å². The van der Waals surface area contributed by atoms with Crippen LogP contribution in [0.2, 0.25) is 0 Å². The van der Waals surface area contributed by atoms with Crippen molar-refractivity contribution in [2.45, 2.75) is 25.9 Å². The Kier molecular flexibility index (Phi) is 6.19. The van der Waals surface area contributed by atoms with Crippen molar-refractivity contribution in [2.75, 3.05) is 13.1 Å². The van der Waals surface area contributed by atoms with Gasteiger partial charge in [-0.15, -0.1) is 0 Å². The first-order chi connectivity index (χ1) is 13.1. The van der Waals surface area contributed by atoms with Crippen LogP contribution >= 0.6 is 0 Å². The van der Waals surface area contributed by atoms with Gasteiger partial charge in [-0.1, -0.05) is 24.3 Å². The van der Waals surface area contributed by atoms with Crippen LogP contribution < -0.4 is 11.1 Å². The van der Waals surface area contributed by atoms with Gasteiger partial charge < -0.3 is 16.0 Å². The molecule has 2 aromatic rings. The monoisotopic (exact) mass is 369 g/mol. The Labute approximate surface area is 158 Å². The lowest BCUT2D eigenvalue weighted by molar-refractivity contribution is -0.126. The van der Waals surface area contributed by atoms with Gasteiger partial charge in [0.1, 0.15) is 5.82 Å². The Balaban J connectivity index is 1.48. The van der Waals surface area contributed by atoms with Crippen LogP contribution in [0.1, 0.15) is 34.3 Å². The summed E-state index contributed by atoms with van der Waals surface area (Å²) in [6, 6.07) is 13.4. The molecule has 2 amide bonds. The third-order valence-corrected chi connectivity index (χ3v) is 4.97. The van der Waals surface area contributed by atoms with Crippen molar-refractivity contribution in [3.8, 4) is 0 Å². The number of amides is 2. The molecule has 0 atom stereocenters. The predicted octanol–water partition coefficient (Wildman–Crippen LogP) is 2.45. The van der Waals surface area contributed by atoms with E-state index in [2.05, 4.69) is 5.32 Å². The lowest BCUT2D eigenvalue weighted by Gasteiger charge is -2.31. The van der Waals surface area contributed by atoms with E-state index in [0.717, 1.165) is 11.1 Å². The average Bonchev–Trinajstić information content (AvgIpc) is 2.73. The van der Waals surface area contributed by atoms with Crippen LogP contribution in [0.15, 0.2) is 48.5 Å². The molecule has 0 radical (unpaired) electrons. The minimum atomic E-state index is -0.292. The molecule has 0 spiro atoms. The fourth-order valence-corrected chi connectivity index (χ4v) is 3.25. The standard InChI is InChI=1S/C21H24FN3O2/c22-19-7-3-16(4-8-19)14-24-20(26)17-9-11-25(12-10-17)21(27)18-5-1-15(13-23)2-6-18/h1-8,17H,9-14,23H2,(H,24,26). The maximum Gasteiger partial charge on any atom is 0.253 e. The fourth-order valence-electron chi connectivity index (χ4n) is 3.25. The fraction of sp³-hybridized carbons (Fsp3) is 0.333. The summed E-state index contributed by atoms with van der Waals surface area (Å²) in [6.45, 7) is 1.96. The molecule has 3 rings (SSSR count). The highest BCUT2D eigenvalue weighted by atomic mass is 19.1. The summed E-state index contributed by atoms with van der Waals surface area (Å²) >= 11 is 0. The summed E-state index contributed by atoms with van der Waals surface area (Å²) in [6.07, 6.45) is 1.28. The summed E-state index contributed by atoms with van der Waals surface area (Å²) in [5, 5.41) is 2.90. The molecule has 1 fully saturated rings. The molecular formula is C21H24FN3O2. The van der Waals surface area contributed by atoms with Crippen LogP contribution in [0.4, 0.5) is 4.39 Å². The maximum atomic E-state index is 12.9. The van der Waals surface area contributed by atoms with Gasteiger partial charge in [-0.3, -0.25) is 9.59 Å². The molecule has 6 heteroatoms. The first kappa shape index (κ1) is 19.0. The van der Waals surface area contributed by atoms with E-state index in [1.807, 2.05) is 12.1 Å². The number of piperidine rings is 1. The molecule has 3 N–H and O–H groups in total. The number of nitrogens with two attached hydrogens (primary N) is 1. The largest absolute Gasteiger partial charge is 0.352 e. The van der Waals surface area contributed by atoms with E-state index in [4.69, 9.17) is 5.73 Å². The van der Waals surface area contributed by atoms with Crippen LogP contribution in [0, 0.1) is 11.7 Å². The number of benzene rings is 2. The Morgan fingerprint density at radius 1 is 1.00 bits per heavy atom. The number of likely N-dealkylation sites (tertiary alicyclic amines) is 1. The lowest BCUT2D eigenvalue weighted by atomic mass is 9.95. The van der Waals surface area contributed by atoms with Gasteiger partial charge in [-0.2, -0.15) is 0 Å². The van der Waals surface area contributed by atoms with Gasteiger partial charge >= 0.3 is 0 Å².